The summed E-state index contributed by atoms with van der Waals surface area (Å²) in [6.07, 6.45) is 1.16. The number of carbonyl (C=O) groups excluding carboxylic acids is 3. The number of rotatable bonds is 12. The molecular formula is C22H41N3O4. The molecule has 0 aromatic carbocycles. The first kappa shape index (κ1) is 25.7. The summed E-state index contributed by atoms with van der Waals surface area (Å²) in [7, 11) is 0. The summed E-state index contributed by atoms with van der Waals surface area (Å²) in [6.45, 7) is 12.3. The van der Waals surface area contributed by atoms with Crippen LogP contribution in [0.5, 0.6) is 0 Å². The maximum Gasteiger partial charge on any atom is 0.226 e. The number of Topliss-reactive ketones (excluding diaryl/α,β-unsaturated/α-hetero) is 2. The number of nitrogens with two attached hydrogens (primary N) is 1. The van der Waals surface area contributed by atoms with Crippen molar-refractivity contribution in [3.63, 3.8) is 0 Å². The van der Waals surface area contributed by atoms with Gasteiger partial charge in [0.05, 0.1) is 18.1 Å². The molecule has 0 radical (unpaired) electrons. The minimum Gasteiger partial charge on any atom is -0.393 e. The molecule has 29 heavy (non-hydrogen) atoms. The van der Waals surface area contributed by atoms with Gasteiger partial charge in [-0.05, 0) is 45.2 Å². The molecule has 0 aromatic heterocycles. The van der Waals surface area contributed by atoms with Gasteiger partial charge in [-0.2, -0.15) is 0 Å². The van der Waals surface area contributed by atoms with Gasteiger partial charge in [-0.15, -0.1) is 0 Å². The fraction of sp³-hybridized carbons (Fsp3) is 0.864. The second kappa shape index (κ2) is 12.4. The lowest BCUT2D eigenvalue weighted by Crippen LogP contribution is -2.49. The van der Waals surface area contributed by atoms with E-state index in [4.69, 9.17) is 5.73 Å². The van der Waals surface area contributed by atoms with Gasteiger partial charge in [0.15, 0.2) is 5.78 Å². The molecule has 1 fully saturated rings. The lowest BCUT2D eigenvalue weighted by molar-refractivity contribution is -0.137. The lowest BCUT2D eigenvalue weighted by Gasteiger charge is -2.33. The van der Waals surface area contributed by atoms with Crippen LogP contribution in [0.1, 0.15) is 60.3 Å². The quantitative estimate of drug-likeness (QED) is 0.447. The molecule has 0 aromatic rings. The van der Waals surface area contributed by atoms with Crippen molar-refractivity contribution >= 4 is 17.5 Å². The van der Waals surface area contributed by atoms with E-state index in [2.05, 4.69) is 24.1 Å². The van der Waals surface area contributed by atoms with E-state index in [1.807, 2.05) is 0 Å². The molecule has 0 saturated carbocycles. The first-order valence-electron chi connectivity index (χ1n) is 11.0. The molecule has 1 aliphatic rings. The van der Waals surface area contributed by atoms with Crippen LogP contribution < -0.4 is 11.1 Å². The third-order valence-electron chi connectivity index (χ3n) is 5.61. The summed E-state index contributed by atoms with van der Waals surface area (Å²) >= 11 is 0. The predicted molar refractivity (Wildman–Crippen MR) is 114 cm³/mol. The van der Waals surface area contributed by atoms with E-state index in [-0.39, 0.29) is 36.4 Å². The van der Waals surface area contributed by atoms with Crippen LogP contribution in [0.25, 0.3) is 0 Å². The normalized spacial score (nSPS) is 21.1. The minimum atomic E-state index is -0.970. The number of hydrogen-bond acceptors (Lipinski definition) is 6. The molecule has 1 aliphatic heterocycles. The number of piperidine rings is 1. The van der Waals surface area contributed by atoms with Gasteiger partial charge in [-0.3, -0.25) is 14.4 Å². The Labute approximate surface area is 175 Å². The van der Waals surface area contributed by atoms with Gasteiger partial charge in [0.25, 0.3) is 0 Å². The zero-order chi connectivity index (χ0) is 22.1. The Bertz CT molecular complexity index is 548. The van der Waals surface area contributed by atoms with Crippen LogP contribution in [-0.2, 0) is 14.4 Å². The van der Waals surface area contributed by atoms with E-state index in [9.17, 15) is 19.5 Å². The second-order valence-corrected chi connectivity index (χ2v) is 9.21. The number of ketones is 2. The standard InChI is InChI=1S/C22H41N3O4/c1-14(2)12-25-10-6-7-17(13-25)20(27)11-18(16(5)26)22(29)24-19(8-9-23)21(28)15(3)4/h14-19,26H,6-13,23H2,1-5H3,(H,24,29)/t16?,17-,18-,19-/m0/s1. The summed E-state index contributed by atoms with van der Waals surface area (Å²) in [5.41, 5.74) is 5.59. The van der Waals surface area contributed by atoms with Crippen molar-refractivity contribution in [1.82, 2.24) is 10.2 Å². The van der Waals surface area contributed by atoms with Crippen molar-refractivity contribution in [1.29, 1.82) is 0 Å². The van der Waals surface area contributed by atoms with E-state index >= 15 is 0 Å². The van der Waals surface area contributed by atoms with Crippen molar-refractivity contribution in [2.75, 3.05) is 26.2 Å². The average Bonchev–Trinajstić information content (AvgIpc) is 2.64. The fourth-order valence-electron chi connectivity index (χ4n) is 4.00. The second-order valence-electron chi connectivity index (χ2n) is 9.21. The van der Waals surface area contributed by atoms with Gasteiger partial charge < -0.3 is 21.1 Å². The van der Waals surface area contributed by atoms with E-state index in [1.165, 1.54) is 6.92 Å². The summed E-state index contributed by atoms with van der Waals surface area (Å²) in [5, 5.41) is 12.9. The molecule has 1 amide bonds. The van der Waals surface area contributed by atoms with Crippen LogP contribution >= 0.6 is 0 Å². The Hall–Kier alpha value is -1.31. The molecule has 1 rings (SSSR count). The molecule has 7 heteroatoms. The maximum absolute atomic E-state index is 12.9. The third kappa shape index (κ3) is 8.52. The Morgan fingerprint density at radius 2 is 1.83 bits per heavy atom. The number of hydrogen-bond donors (Lipinski definition) is 3. The molecule has 0 aliphatic carbocycles. The molecule has 0 bridgehead atoms. The zero-order valence-electron chi connectivity index (χ0n) is 18.8. The molecule has 7 nitrogen and oxygen atoms in total. The van der Waals surface area contributed by atoms with Crippen molar-refractivity contribution in [2.24, 2.45) is 29.4 Å². The highest BCUT2D eigenvalue weighted by molar-refractivity contribution is 5.93. The zero-order valence-corrected chi connectivity index (χ0v) is 18.8. The minimum absolute atomic E-state index is 0.00506. The van der Waals surface area contributed by atoms with Gasteiger partial charge in [0, 0.05) is 31.3 Å². The van der Waals surface area contributed by atoms with Crippen molar-refractivity contribution in [3.05, 3.63) is 0 Å². The smallest absolute Gasteiger partial charge is 0.226 e. The Kier molecular flexibility index (Phi) is 11.0. The highest BCUT2D eigenvalue weighted by Crippen LogP contribution is 2.23. The monoisotopic (exact) mass is 411 g/mol. The number of amides is 1. The average molecular weight is 412 g/mol. The number of nitrogens with zero attached hydrogens (tertiary/aromatic N) is 1. The van der Waals surface area contributed by atoms with Crippen molar-refractivity contribution in [2.45, 2.75) is 72.4 Å². The summed E-state index contributed by atoms with van der Waals surface area (Å²) in [5.74, 6) is -1.17. The summed E-state index contributed by atoms with van der Waals surface area (Å²) in [6, 6.07) is -0.680. The third-order valence-corrected chi connectivity index (χ3v) is 5.61. The molecule has 168 valence electrons. The Morgan fingerprint density at radius 1 is 1.17 bits per heavy atom. The van der Waals surface area contributed by atoms with Crippen molar-refractivity contribution < 1.29 is 19.5 Å². The molecular weight excluding hydrogens is 370 g/mol. The van der Waals surface area contributed by atoms with Gasteiger partial charge >= 0.3 is 0 Å². The van der Waals surface area contributed by atoms with Crippen LogP contribution in [0.15, 0.2) is 0 Å². The maximum atomic E-state index is 12.9. The van der Waals surface area contributed by atoms with Crippen LogP contribution in [0, 0.1) is 23.7 Å². The van der Waals surface area contributed by atoms with Crippen molar-refractivity contribution in [3.8, 4) is 0 Å². The Balaban J connectivity index is 2.76. The van der Waals surface area contributed by atoms with Gasteiger partial charge in [0.2, 0.25) is 5.91 Å². The van der Waals surface area contributed by atoms with Crippen LogP contribution in [0.4, 0.5) is 0 Å². The topological polar surface area (TPSA) is 113 Å². The highest BCUT2D eigenvalue weighted by Gasteiger charge is 2.34. The SMILES string of the molecule is CC(C)CN1CCC[C@H](C(=O)C[C@H](C(=O)N[C@@H](CCN)C(=O)C(C)C)C(C)O)C1. The first-order valence-corrected chi connectivity index (χ1v) is 11.0. The van der Waals surface area contributed by atoms with Gasteiger partial charge in [-0.1, -0.05) is 27.7 Å². The Morgan fingerprint density at radius 3 is 2.34 bits per heavy atom. The molecule has 1 unspecified atom stereocenters. The predicted octanol–water partition coefficient (Wildman–Crippen LogP) is 1.37. The van der Waals surface area contributed by atoms with Gasteiger partial charge in [-0.25, -0.2) is 0 Å². The summed E-state index contributed by atoms with van der Waals surface area (Å²) < 4.78 is 0. The lowest BCUT2D eigenvalue weighted by atomic mass is 9.86. The van der Waals surface area contributed by atoms with Crippen LogP contribution in [0.3, 0.4) is 0 Å². The van der Waals surface area contributed by atoms with E-state index in [0.29, 0.717) is 18.9 Å². The van der Waals surface area contributed by atoms with Gasteiger partial charge in [0.1, 0.15) is 5.78 Å². The van der Waals surface area contributed by atoms with Crippen LogP contribution in [0.2, 0.25) is 0 Å². The van der Waals surface area contributed by atoms with E-state index in [1.54, 1.807) is 13.8 Å². The van der Waals surface area contributed by atoms with E-state index < -0.39 is 24.0 Å². The number of likely N-dealkylation sites (tertiary alicyclic amines) is 1. The molecule has 4 N–H and O–H groups in total. The van der Waals surface area contributed by atoms with Crippen LogP contribution in [-0.4, -0.2) is 65.8 Å². The number of aliphatic hydroxyl groups is 1. The highest BCUT2D eigenvalue weighted by atomic mass is 16.3. The number of aliphatic hydroxyl groups excluding tert-OH is 1. The molecule has 4 atom stereocenters. The molecule has 0 spiro atoms. The molecule has 1 heterocycles. The fourth-order valence-corrected chi connectivity index (χ4v) is 4.00. The van der Waals surface area contributed by atoms with E-state index in [0.717, 1.165) is 25.9 Å². The summed E-state index contributed by atoms with van der Waals surface area (Å²) in [4.78, 5) is 40.4. The number of nitrogens with one attached hydrogen (secondary N) is 1. The number of carbonyl (C=O) groups is 3. The largest absolute Gasteiger partial charge is 0.393 e. The molecule has 1 saturated heterocycles. The first-order chi connectivity index (χ1) is 13.6.